The van der Waals surface area contributed by atoms with Crippen LogP contribution in [0.1, 0.15) is 55.5 Å². The summed E-state index contributed by atoms with van der Waals surface area (Å²) in [5, 5.41) is 11.2. The molecule has 0 aromatic heterocycles. The van der Waals surface area contributed by atoms with Gasteiger partial charge in [0.15, 0.2) is 5.78 Å². The molecule has 3 nitrogen and oxygen atoms in total. The van der Waals surface area contributed by atoms with Gasteiger partial charge in [0.05, 0.1) is 12.2 Å². The highest BCUT2D eigenvalue weighted by molar-refractivity contribution is 9.09. The molecule has 4 heteroatoms. The first-order chi connectivity index (χ1) is 9.61. The van der Waals surface area contributed by atoms with E-state index in [-0.39, 0.29) is 11.5 Å². The lowest BCUT2D eigenvalue weighted by Crippen LogP contribution is -2.03. The van der Waals surface area contributed by atoms with E-state index in [1.54, 1.807) is 12.1 Å². The van der Waals surface area contributed by atoms with Gasteiger partial charge in [-0.1, -0.05) is 29.3 Å². The Bertz CT molecular complexity index is 444. The lowest BCUT2D eigenvalue weighted by Gasteiger charge is -2.14. The second-order valence-electron chi connectivity index (χ2n) is 4.84. The standard InChI is InChI=1S/C16H23BrO3/c1-3-7-14-15(20-11-6-4-5-10-17)9-8-13(12(2)18)16(14)19/h8-9,19H,3-7,10-11H2,1-2H3. The van der Waals surface area contributed by atoms with Gasteiger partial charge in [-0.15, -0.1) is 0 Å². The van der Waals surface area contributed by atoms with Gasteiger partial charge in [-0.05, 0) is 44.7 Å². The zero-order valence-electron chi connectivity index (χ0n) is 12.2. The molecule has 1 aromatic rings. The molecule has 1 aromatic carbocycles. The third-order valence-corrected chi connectivity index (χ3v) is 3.72. The average molecular weight is 343 g/mol. The zero-order chi connectivity index (χ0) is 15.0. The number of Topliss-reactive ketones (excluding diaryl/α,β-unsaturated/α-hetero) is 1. The fourth-order valence-corrected chi connectivity index (χ4v) is 2.48. The summed E-state index contributed by atoms with van der Waals surface area (Å²) >= 11 is 3.40. The van der Waals surface area contributed by atoms with Crippen LogP contribution in [0.25, 0.3) is 0 Å². The number of phenols is 1. The predicted octanol–water partition coefficient (Wildman–Crippen LogP) is 4.49. The van der Waals surface area contributed by atoms with Crippen LogP contribution in [0.4, 0.5) is 0 Å². The number of rotatable bonds is 9. The highest BCUT2D eigenvalue weighted by Crippen LogP contribution is 2.33. The van der Waals surface area contributed by atoms with Crippen LogP contribution >= 0.6 is 15.9 Å². The number of ether oxygens (including phenoxy) is 1. The molecule has 0 bridgehead atoms. The normalized spacial score (nSPS) is 10.6. The van der Waals surface area contributed by atoms with E-state index in [0.717, 1.165) is 36.6 Å². The molecule has 1 rings (SSSR count). The summed E-state index contributed by atoms with van der Waals surface area (Å²) < 4.78 is 5.77. The van der Waals surface area contributed by atoms with Crippen LogP contribution in [0.15, 0.2) is 12.1 Å². The average Bonchev–Trinajstić information content (AvgIpc) is 2.41. The number of halogens is 1. The minimum absolute atomic E-state index is 0.0808. The van der Waals surface area contributed by atoms with Crippen LogP contribution in [-0.2, 0) is 6.42 Å². The summed E-state index contributed by atoms with van der Waals surface area (Å²) in [6.45, 7) is 4.15. The molecule has 0 unspecified atom stereocenters. The lowest BCUT2D eigenvalue weighted by atomic mass is 10.0. The lowest BCUT2D eigenvalue weighted by molar-refractivity contribution is 0.101. The number of ketones is 1. The molecule has 112 valence electrons. The number of unbranched alkanes of at least 4 members (excludes halogenated alkanes) is 2. The van der Waals surface area contributed by atoms with Gasteiger partial charge in [-0.3, -0.25) is 4.79 Å². The first kappa shape index (κ1) is 17.0. The van der Waals surface area contributed by atoms with Crippen LogP contribution in [0.5, 0.6) is 11.5 Å². The summed E-state index contributed by atoms with van der Waals surface area (Å²) in [6, 6.07) is 3.44. The van der Waals surface area contributed by atoms with Crippen molar-refractivity contribution < 1.29 is 14.6 Å². The monoisotopic (exact) mass is 342 g/mol. The Hall–Kier alpha value is -1.03. The van der Waals surface area contributed by atoms with Gasteiger partial charge < -0.3 is 9.84 Å². The molecule has 0 saturated heterocycles. The topological polar surface area (TPSA) is 46.5 Å². The van der Waals surface area contributed by atoms with E-state index in [0.29, 0.717) is 24.3 Å². The van der Waals surface area contributed by atoms with Gasteiger partial charge in [0.1, 0.15) is 11.5 Å². The van der Waals surface area contributed by atoms with Crippen LogP contribution in [0.3, 0.4) is 0 Å². The van der Waals surface area contributed by atoms with Crippen molar-refractivity contribution in [1.29, 1.82) is 0 Å². The van der Waals surface area contributed by atoms with Crippen LogP contribution in [-0.4, -0.2) is 22.8 Å². The molecule has 0 saturated carbocycles. The Morgan fingerprint density at radius 1 is 1.30 bits per heavy atom. The SMILES string of the molecule is CCCc1c(OCCCCCBr)ccc(C(C)=O)c1O. The molecule has 0 radical (unpaired) electrons. The van der Waals surface area contributed by atoms with Gasteiger partial charge in [-0.25, -0.2) is 0 Å². The molecule has 0 amide bonds. The summed E-state index contributed by atoms with van der Waals surface area (Å²) in [7, 11) is 0. The second kappa shape index (κ2) is 9.01. The van der Waals surface area contributed by atoms with Crippen molar-refractivity contribution in [3.05, 3.63) is 23.3 Å². The van der Waals surface area contributed by atoms with Crippen molar-refractivity contribution in [3.63, 3.8) is 0 Å². The maximum Gasteiger partial charge on any atom is 0.163 e. The minimum atomic E-state index is -0.122. The third kappa shape index (κ3) is 4.82. The number of hydrogen-bond acceptors (Lipinski definition) is 3. The Balaban J connectivity index is 2.79. The van der Waals surface area contributed by atoms with Gasteiger partial charge in [0.25, 0.3) is 0 Å². The number of alkyl halides is 1. The van der Waals surface area contributed by atoms with Crippen molar-refractivity contribution >= 4 is 21.7 Å². The van der Waals surface area contributed by atoms with Gasteiger partial charge in [-0.2, -0.15) is 0 Å². The predicted molar refractivity (Wildman–Crippen MR) is 85.2 cm³/mol. The maximum absolute atomic E-state index is 11.5. The quantitative estimate of drug-likeness (QED) is 0.408. The van der Waals surface area contributed by atoms with Crippen LogP contribution in [0.2, 0.25) is 0 Å². The Labute approximate surface area is 129 Å². The molecule has 0 heterocycles. The maximum atomic E-state index is 11.5. The Kier molecular flexibility index (Phi) is 7.67. The highest BCUT2D eigenvalue weighted by atomic mass is 79.9. The van der Waals surface area contributed by atoms with E-state index in [4.69, 9.17) is 4.74 Å². The Morgan fingerprint density at radius 2 is 2.05 bits per heavy atom. The van der Waals surface area contributed by atoms with E-state index in [1.165, 1.54) is 6.92 Å². The van der Waals surface area contributed by atoms with E-state index < -0.39 is 0 Å². The summed E-state index contributed by atoms with van der Waals surface area (Å²) in [5.74, 6) is 0.661. The van der Waals surface area contributed by atoms with Crippen molar-refractivity contribution in [3.8, 4) is 11.5 Å². The van der Waals surface area contributed by atoms with E-state index in [2.05, 4.69) is 15.9 Å². The Morgan fingerprint density at radius 3 is 2.65 bits per heavy atom. The third-order valence-electron chi connectivity index (χ3n) is 3.15. The van der Waals surface area contributed by atoms with Gasteiger partial charge in [0, 0.05) is 10.9 Å². The second-order valence-corrected chi connectivity index (χ2v) is 5.64. The first-order valence-corrected chi connectivity index (χ1v) is 8.28. The molecule has 0 spiro atoms. The number of carbonyl (C=O) groups is 1. The van der Waals surface area contributed by atoms with Crippen molar-refractivity contribution in [2.24, 2.45) is 0 Å². The number of hydrogen-bond donors (Lipinski definition) is 1. The van der Waals surface area contributed by atoms with Crippen molar-refractivity contribution in [2.75, 3.05) is 11.9 Å². The van der Waals surface area contributed by atoms with Crippen LogP contribution < -0.4 is 4.74 Å². The first-order valence-electron chi connectivity index (χ1n) is 7.16. The van der Waals surface area contributed by atoms with Gasteiger partial charge in [0.2, 0.25) is 0 Å². The smallest absolute Gasteiger partial charge is 0.163 e. The largest absolute Gasteiger partial charge is 0.507 e. The fraction of sp³-hybridized carbons (Fsp3) is 0.562. The summed E-state index contributed by atoms with van der Waals surface area (Å²) in [6.07, 6.45) is 4.86. The number of carbonyl (C=O) groups excluding carboxylic acids is 1. The number of benzene rings is 1. The van der Waals surface area contributed by atoms with Crippen LogP contribution in [0, 0.1) is 0 Å². The molecular formula is C16H23BrO3. The van der Waals surface area contributed by atoms with Crippen molar-refractivity contribution in [1.82, 2.24) is 0 Å². The molecular weight excluding hydrogens is 320 g/mol. The number of phenolic OH excluding ortho intramolecular Hbond substituents is 1. The number of aromatic hydroxyl groups is 1. The molecule has 20 heavy (non-hydrogen) atoms. The molecule has 0 aliphatic rings. The molecule has 0 aliphatic carbocycles. The molecule has 0 aliphatic heterocycles. The minimum Gasteiger partial charge on any atom is -0.507 e. The summed E-state index contributed by atoms with van der Waals surface area (Å²) in [4.78, 5) is 11.5. The fourth-order valence-electron chi connectivity index (χ4n) is 2.08. The van der Waals surface area contributed by atoms with E-state index in [1.807, 2.05) is 6.92 Å². The van der Waals surface area contributed by atoms with E-state index >= 15 is 0 Å². The van der Waals surface area contributed by atoms with Crippen molar-refractivity contribution in [2.45, 2.75) is 46.0 Å². The molecule has 0 fully saturated rings. The zero-order valence-corrected chi connectivity index (χ0v) is 13.8. The highest BCUT2D eigenvalue weighted by Gasteiger charge is 2.15. The van der Waals surface area contributed by atoms with Gasteiger partial charge >= 0.3 is 0 Å². The molecule has 0 atom stereocenters. The summed E-state index contributed by atoms with van der Waals surface area (Å²) in [5.41, 5.74) is 1.13. The van der Waals surface area contributed by atoms with E-state index in [9.17, 15) is 9.90 Å². The molecule has 1 N–H and O–H groups in total.